The van der Waals surface area contributed by atoms with E-state index in [1.807, 2.05) is 16.9 Å². The lowest BCUT2D eigenvalue weighted by Crippen LogP contribution is -2.50. The summed E-state index contributed by atoms with van der Waals surface area (Å²) < 4.78 is 7.75. The quantitative estimate of drug-likeness (QED) is 0.339. The molecule has 0 bridgehead atoms. The van der Waals surface area contributed by atoms with Gasteiger partial charge in [-0.05, 0) is 29.7 Å². The summed E-state index contributed by atoms with van der Waals surface area (Å²) in [4.78, 5) is 6.81. The van der Waals surface area contributed by atoms with Crippen LogP contribution in [0.5, 0.6) is 0 Å². The minimum Gasteiger partial charge on any atom is -0.374 e. The molecule has 160 valence electrons. The number of nitrogens with zero attached hydrogens (tertiary/aromatic N) is 4. The molecule has 8 heteroatoms. The fraction of sp³-hybridized carbons (Fsp3) is 0.524. The zero-order chi connectivity index (χ0) is 19.8. The molecule has 1 aromatic heterocycles. The van der Waals surface area contributed by atoms with Crippen molar-refractivity contribution in [1.29, 1.82) is 0 Å². The van der Waals surface area contributed by atoms with Crippen molar-refractivity contribution in [2.24, 2.45) is 10.9 Å². The monoisotopic (exact) mass is 512 g/mol. The molecule has 0 radical (unpaired) electrons. The number of halogens is 1. The molecule has 1 aliphatic heterocycles. The highest BCUT2D eigenvalue weighted by molar-refractivity contribution is 14.0. The van der Waals surface area contributed by atoms with Crippen molar-refractivity contribution in [2.45, 2.75) is 26.5 Å². The number of hydrogen-bond donors (Lipinski definition) is 2. The molecule has 0 saturated carbocycles. The van der Waals surface area contributed by atoms with Gasteiger partial charge >= 0.3 is 0 Å². The van der Waals surface area contributed by atoms with Crippen LogP contribution in [0.4, 0.5) is 0 Å². The molecule has 2 aromatic rings. The van der Waals surface area contributed by atoms with Crippen LogP contribution in [0.3, 0.4) is 0 Å². The van der Waals surface area contributed by atoms with Gasteiger partial charge in [0.1, 0.15) is 0 Å². The van der Waals surface area contributed by atoms with E-state index in [2.05, 4.69) is 63.7 Å². The summed E-state index contributed by atoms with van der Waals surface area (Å²) in [6, 6.07) is 10.3. The average Bonchev–Trinajstić information content (AvgIpc) is 3.23. The molecule has 1 unspecified atom stereocenters. The van der Waals surface area contributed by atoms with E-state index in [9.17, 15) is 0 Å². The lowest BCUT2D eigenvalue weighted by atomic mass is 10.2. The van der Waals surface area contributed by atoms with Crippen LogP contribution < -0.4 is 10.6 Å². The molecule has 2 N–H and O–H groups in total. The lowest BCUT2D eigenvalue weighted by Gasteiger charge is -2.34. The highest BCUT2D eigenvalue weighted by atomic mass is 127. The first-order chi connectivity index (χ1) is 13.6. The maximum atomic E-state index is 5.90. The Morgan fingerprint density at radius 1 is 1.28 bits per heavy atom. The number of aromatic nitrogens is 2. The molecule has 0 amide bonds. The third kappa shape index (κ3) is 7.60. The maximum Gasteiger partial charge on any atom is 0.191 e. The first kappa shape index (κ1) is 23.6. The summed E-state index contributed by atoms with van der Waals surface area (Å²) >= 11 is 0. The number of hydrogen-bond acceptors (Lipinski definition) is 4. The van der Waals surface area contributed by atoms with Crippen LogP contribution in [-0.2, 0) is 11.3 Å². The van der Waals surface area contributed by atoms with Gasteiger partial charge in [0.15, 0.2) is 5.96 Å². The largest absolute Gasteiger partial charge is 0.374 e. The molecule has 1 fully saturated rings. The van der Waals surface area contributed by atoms with Crippen LogP contribution >= 0.6 is 24.0 Å². The van der Waals surface area contributed by atoms with Gasteiger partial charge in [-0.2, -0.15) is 5.10 Å². The second-order valence-corrected chi connectivity index (χ2v) is 7.57. The topological polar surface area (TPSA) is 66.7 Å². The molecule has 3 rings (SSSR count). The number of guanidine groups is 1. The van der Waals surface area contributed by atoms with Crippen molar-refractivity contribution in [1.82, 2.24) is 25.3 Å². The van der Waals surface area contributed by atoms with Crippen molar-refractivity contribution in [2.75, 3.05) is 39.8 Å². The van der Waals surface area contributed by atoms with E-state index in [1.54, 1.807) is 13.2 Å². The summed E-state index contributed by atoms with van der Waals surface area (Å²) in [5, 5.41) is 11.0. The number of morpholine rings is 1. The first-order valence-corrected chi connectivity index (χ1v) is 10.0. The van der Waals surface area contributed by atoms with Gasteiger partial charge in [-0.15, -0.1) is 24.0 Å². The molecule has 1 aliphatic rings. The summed E-state index contributed by atoms with van der Waals surface area (Å²) in [5.41, 5.74) is 2.24. The predicted molar refractivity (Wildman–Crippen MR) is 128 cm³/mol. The third-order valence-electron chi connectivity index (χ3n) is 4.73. The molecule has 0 aliphatic carbocycles. The molecule has 29 heavy (non-hydrogen) atoms. The van der Waals surface area contributed by atoms with Crippen molar-refractivity contribution in [3.63, 3.8) is 0 Å². The third-order valence-corrected chi connectivity index (χ3v) is 4.73. The Morgan fingerprint density at radius 2 is 2.07 bits per heavy atom. The molecular weight excluding hydrogens is 479 g/mol. The Morgan fingerprint density at radius 3 is 2.72 bits per heavy atom. The van der Waals surface area contributed by atoms with Crippen molar-refractivity contribution >= 4 is 29.9 Å². The number of aliphatic imine (C=N–C) groups is 1. The van der Waals surface area contributed by atoms with Gasteiger partial charge in [-0.3, -0.25) is 9.89 Å². The molecule has 1 saturated heterocycles. The molecule has 2 heterocycles. The normalized spacial score (nSPS) is 17.8. The lowest BCUT2D eigenvalue weighted by molar-refractivity contribution is -0.0284. The van der Waals surface area contributed by atoms with Gasteiger partial charge in [0.25, 0.3) is 0 Å². The van der Waals surface area contributed by atoms with Crippen LogP contribution in [0.15, 0.2) is 47.7 Å². The van der Waals surface area contributed by atoms with E-state index < -0.39 is 0 Å². The number of rotatable bonds is 7. The number of nitrogens with one attached hydrogen (secondary N) is 2. The minimum atomic E-state index is 0. The SMILES string of the molecule is CN=C(NCc1ccc(-n2cccn2)cc1)NCC1CN(CC(C)C)CCO1.I. The molecule has 7 nitrogen and oxygen atoms in total. The Hall–Kier alpha value is -1.65. The standard InChI is InChI=1S/C21H32N6O.HI/c1-17(2)15-26-11-12-28-20(16-26)14-24-21(22-3)23-13-18-5-7-19(8-6-18)27-10-4-9-25-27;/h4-10,17,20H,11-16H2,1-3H3,(H2,22,23,24);1H. The molecule has 0 spiro atoms. The summed E-state index contributed by atoms with van der Waals surface area (Å²) in [5.74, 6) is 1.47. The van der Waals surface area contributed by atoms with Gasteiger partial charge in [-0.1, -0.05) is 26.0 Å². The number of benzene rings is 1. The summed E-state index contributed by atoms with van der Waals surface area (Å²) in [6.07, 6.45) is 3.91. The van der Waals surface area contributed by atoms with E-state index in [4.69, 9.17) is 4.74 Å². The van der Waals surface area contributed by atoms with Gasteiger partial charge in [0, 0.05) is 52.2 Å². The zero-order valence-corrected chi connectivity index (χ0v) is 19.9. The molecule has 1 aromatic carbocycles. The molecular formula is C21H33IN6O. The Labute approximate surface area is 190 Å². The first-order valence-electron chi connectivity index (χ1n) is 10.0. The van der Waals surface area contributed by atoms with Crippen LogP contribution in [0.25, 0.3) is 5.69 Å². The fourth-order valence-electron chi connectivity index (χ4n) is 3.39. The smallest absolute Gasteiger partial charge is 0.191 e. The minimum absolute atomic E-state index is 0. The fourth-order valence-corrected chi connectivity index (χ4v) is 3.39. The number of ether oxygens (including phenoxy) is 1. The second kappa shape index (κ2) is 12.1. The van der Waals surface area contributed by atoms with Gasteiger partial charge in [-0.25, -0.2) is 4.68 Å². The summed E-state index contributed by atoms with van der Waals surface area (Å²) in [7, 11) is 1.79. The second-order valence-electron chi connectivity index (χ2n) is 7.57. The van der Waals surface area contributed by atoms with Crippen molar-refractivity contribution < 1.29 is 4.74 Å². The Balaban J connectivity index is 0.00000300. The highest BCUT2D eigenvalue weighted by Gasteiger charge is 2.21. The van der Waals surface area contributed by atoms with Gasteiger partial charge in [0.2, 0.25) is 0 Å². The van der Waals surface area contributed by atoms with E-state index >= 15 is 0 Å². The van der Waals surface area contributed by atoms with Gasteiger partial charge < -0.3 is 15.4 Å². The van der Waals surface area contributed by atoms with E-state index in [-0.39, 0.29) is 30.1 Å². The van der Waals surface area contributed by atoms with Crippen molar-refractivity contribution in [3.8, 4) is 5.69 Å². The Kier molecular flexibility index (Phi) is 9.89. The highest BCUT2D eigenvalue weighted by Crippen LogP contribution is 2.09. The van der Waals surface area contributed by atoms with E-state index in [0.717, 1.165) is 44.4 Å². The van der Waals surface area contributed by atoms with Crippen LogP contribution in [0.2, 0.25) is 0 Å². The van der Waals surface area contributed by atoms with E-state index in [1.165, 1.54) is 5.56 Å². The zero-order valence-electron chi connectivity index (χ0n) is 17.5. The average molecular weight is 512 g/mol. The Bertz CT molecular complexity index is 732. The van der Waals surface area contributed by atoms with E-state index in [0.29, 0.717) is 12.5 Å². The van der Waals surface area contributed by atoms with Crippen molar-refractivity contribution in [3.05, 3.63) is 48.3 Å². The predicted octanol–water partition coefficient (Wildman–Crippen LogP) is 2.51. The molecule has 1 atom stereocenters. The van der Waals surface area contributed by atoms with Gasteiger partial charge in [0.05, 0.1) is 18.4 Å². The summed E-state index contributed by atoms with van der Waals surface area (Å²) in [6.45, 7) is 9.91. The van der Waals surface area contributed by atoms with Crippen LogP contribution in [0, 0.1) is 5.92 Å². The van der Waals surface area contributed by atoms with Crippen LogP contribution in [0.1, 0.15) is 19.4 Å². The van der Waals surface area contributed by atoms with Crippen LogP contribution in [-0.4, -0.2) is 66.6 Å². The maximum absolute atomic E-state index is 5.90.